The Morgan fingerprint density at radius 2 is 2.00 bits per heavy atom. The van der Waals surface area contributed by atoms with E-state index in [0.29, 0.717) is 5.78 Å². The van der Waals surface area contributed by atoms with Crippen LogP contribution in [0.2, 0.25) is 0 Å². The Bertz CT molecular complexity index is 639. The van der Waals surface area contributed by atoms with Crippen LogP contribution in [0.1, 0.15) is 32.4 Å². The minimum atomic E-state index is 0.270. The number of hydrogen-bond acceptors (Lipinski definition) is 3. The fraction of sp³-hybridized carbons (Fsp3) is 0.529. The third kappa shape index (κ3) is 2.86. The summed E-state index contributed by atoms with van der Waals surface area (Å²) in [5, 5.41) is 6.02. The van der Waals surface area contributed by atoms with E-state index in [2.05, 4.69) is 40.8 Å². The van der Waals surface area contributed by atoms with E-state index in [1.165, 1.54) is 10.9 Å². The van der Waals surface area contributed by atoms with E-state index in [1.54, 1.807) is 6.92 Å². The van der Waals surface area contributed by atoms with Crippen molar-refractivity contribution in [2.45, 2.75) is 39.8 Å². The summed E-state index contributed by atoms with van der Waals surface area (Å²) in [6, 6.07) is 8.44. The normalized spacial score (nSPS) is 17.4. The van der Waals surface area contributed by atoms with Crippen LogP contribution in [0.15, 0.2) is 24.3 Å². The van der Waals surface area contributed by atoms with Crippen molar-refractivity contribution in [2.75, 3.05) is 13.1 Å². The van der Waals surface area contributed by atoms with Crippen LogP contribution in [-0.2, 0) is 17.9 Å². The van der Waals surface area contributed by atoms with Crippen LogP contribution in [0.3, 0.4) is 0 Å². The van der Waals surface area contributed by atoms with Crippen LogP contribution in [0.25, 0.3) is 10.9 Å². The van der Waals surface area contributed by atoms with Gasteiger partial charge in [0.1, 0.15) is 5.78 Å². The summed E-state index contributed by atoms with van der Waals surface area (Å²) in [7, 11) is 0. The van der Waals surface area contributed by atoms with Crippen molar-refractivity contribution in [1.29, 1.82) is 0 Å². The van der Waals surface area contributed by atoms with Crippen molar-refractivity contribution in [1.82, 2.24) is 14.7 Å². The Kier molecular flexibility index (Phi) is 4.06. The summed E-state index contributed by atoms with van der Waals surface area (Å²) in [4.78, 5) is 13.9. The second kappa shape index (κ2) is 5.98. The average molecular weight is 285 g/mol. The number of piperidine rings is 1. The molecule has 21 heavy (non-hydrogen) atoms. The molecular weight excluding hydrogens is 262 g/mol. The van der Waals surface area contributed by atoms with Gasteiger partial charge in [0.25, 0.3) is 0 Å². The number of likely N-dealkylation sites (tertiary alicyclic amines) is 1. The van der Waals surface area contributed by atoms with Gasteiger partial charge in [-0.3, -0.25) is 14.4 Å². The number of nitrogens with zero attached hydrogens (tertiary/aromatic N) is 3. The lowest BCUT2D eigenvalue weighted by Gasteiger charge is -2.30. The van der Waals surface area contributed by atoms with Crippen molar-refractivity contribution in [3.05, 3.63) is 30.0 Å². The summed E-state index contributed by atoms with van der Waals surface area (Å²) in [5.74, 6) is 0.613. The highest BCUT2D eigenvalue weighted by Gasteiger charge is 2.23. The number of fused-ring (bicyclic) bond motifs is 1. The molecule has 4 heteroatoms. The molecule has 0 radical (unpaired) electrons. The Balaban J connectivity index is 1.75. The maximum atomic E-state index is 11.4. The van der Waals surface area contributed by atoms with E-state index < -0.39 is 0 Å². The van der Waals surface area contributed by atoms with Gasteiger partial charge in [-0.25, -0.2) is 0 Å². The number of para-hydroxylation sites is 1. The zero-order valence-electron chi connectivity index (χ0n) is 12.9. The summed E-state index contributed by atoms with van der Waals surface area (Å²) >= 11 is 0. The number of Topliss-reactive ketones (excluding diaryl/α,β-unsaturated/α-hetero) is 1. The molecule has 1 fully saturated rings. The average Bonchev–Trinajstić information content (AvgIpc) is 2.86. The number of hydrogen-bond donors (Lipinski definition) is 0. The first-order chi connectivity index (χ1) is 10.2. The second-order valence-corrected chi connectivity index (χ2v) is 5.94. The molecule has 0 atom stereocenters. The Morgan fingerprint density at radius 1 is 1.29 bits per heavy atom. The second-order valence-electron chi connectivity index (χ2n) is 5.94. The van der Waals surface area contributed by atoms with Gasteiger partial charge >= 0.3 is 0 Å². The minimum absolute atomic E-state index is 0.270. The van der Waals surface area contributed by atoms with Gasteiger partial charge in [-0.2, -0.15) is 5.10 Å². The van der Waals surface area contributed by atoms with Gasteiger partial charge in [0.05, 0.1) is 11.2 Å². The number of carbonyl (C=O) groups excluding carboxylic acids is 1. The third-order valence-corrected chi connectivity index (χ3v) is 4.57. The lowest BCUT2D eigenvalue weighted by Crippen LogP contribution is -2.35. The highest BCUT2D eigenvalue weighted by Crippen LogP contribution is 2.23. The fourth-order valence-corrected chi connectivity index (χ4v) is 3.26. The van der Waals surface area contributed by atoms with Gasteiger partial charge in [0.2, 0.25) is 0 Å². The van der Waals surface area contributed by atoms with Crippen molar-refractivity contribution in [3.8, 4) is 0 Å². The SMILES string of the molecule is CCn1nc(CN2CCC(C(C)=O)CC2)c2ccccc21. The van der Waals surface area contributed by atoms with E-state index in [9.17, 15) is 4.79 Å². The zero-order chi connectivity index (χ0) is 14.8. The summed E-state index contributed by atoms with van der Waals surface area (Å²) < 4.78 is 2.08. The monoisotopic (exact) mass is 285 g/mol. The summed E-state index contributed by atoms with van der Waals surface area (Å²) in [5.41, 5.74) is 2.38. The van der Waals surface area contributed by atoms with Crippen LogP contribution >= 0.6 is 0 Å². The maximum absolute atomic E-state index is 11.4. The predicted molar refractivity (Wildman–Crippen MR) is 84.1 cm³/mol. The largest absolute Gasteiger partial charge is 0.300 e. The zero-order valence-corrected chi connectivity index (χ0v) is 12.9. The first-order valence-electron chi connectivity index (χ1n) is 7.86. The Morgan fingerprint density at radius 3 is 2.67 bits per heavy atom. The van der Waals surface area contributed by atoms with Gasteiger partial charge in [-0.1, -0.05) is 18.2 Å². The van der Waals surface area contributed by atoms with E-state index in [-0.39, 0.29) is 5.92 Å². The number of carbonyl (C=O) groups is 1. The topological polar surface area (TPSA) is 38.1 Å². The van der Waals surface area contributed by atoms with Gasteiger partial charge < -0.3 is 0 Å². The third-order valence-electron chi connectivity index (χ3n) is 4.57. The number of ketones is 1. The molecule has 3 rings (SSSR count). The molecule has 0 spiro atoms. The Hall–Kier alpha value is -1.68. The minimum Gasteiger partial charge on any atom is -0.300 e. The van der Waals surface area contributed by atoms with Crippen molar-refractivity contribution in [3.63, 3.8) is 0 Å². The number of aryl methyl sites for hydroxylation is 1. The van der Waals surface area contributed by atoms with Gasteiger partial charge in [0.15, 0.2) is 0 Å². The molecule has 1 aromatic carbocycles. The van der Waals surface area contributed by atoms with E-state index in [4.69, 9.17) is 5.10 Å². The standard InChI is InChI=1S/C17H23N3O/c1-3-20-17-7-5-4-6-15(17)16(18-20)12-19-10-8-14(9-11-19)13(2)21/h4-7,14H,3,8-12H2,1-2H3. The summed E-state index contributed by atoms with van der Waals surface area (Å²) in [6.07, 6.45) is 1.98. The molecule has 1 saturated heterocycles. The Labute approximate surface area is 125 Å². The van der Waals surface area contributed by atoms with E-state index in [0.717, 1.165) is 44.7 Å². The molecule has 0 unspecified atom stereocenters. The van der Waals surface area contributed by atoms with Gasteiger partial charge in [0, 0.05) is 24.4 Å². The molecule has 2 heterocycles. The number of aromatic nitrogens is 2. The van der Waals surface area contributed by atoms with Crippen molar-refractivity contribution in [2.24, 2.45) is 5.92 Å². The van der Waals surface area contributed by atoms with Crippen LogP contribution in [0.4, 0.5) is 0 Å². The van der Waals surface area contributed by atoms with Crippen LogP contribution in [0, 0.1) is 5.92 Å². The molecule has 0 N–H and O–H groups in total. The van der Waals surface area contributed by atoms with E-state index >= 15 is 0 Å². The maximum Gasteiger partial charge on any atom is 0.133 e. The fourth-order valence-electron chi connectivity index (χ4n) is 3.26. The molecule has 0 aliphatic carbocycles. The van der Waals surface area contributed by atoms with Gasteiger partial charge in [-0.15, -0.1) is 0 Å². The van der Waals surface area contributed by atoms with Crippen molar-refractivity contribution < 1.29 is 4.79 Å². The number of rotatable bonds is 4. The molecule has 4 nitrogen and oxygen atoms in total. The van der Waals surface area contributed by atoms with Crippen LogP contribution in [-0.4, -0.2) is 33.6 Å². The lowest BCUT2D eigenvalue weighted by atomic mass is 9.93. The molecule has 0 amide bonds. The molecular formula is C17H23N3O. The molecule has 1 aromatic heterocycles. The molecule has 0 bridgehead atoms. The quantitative estimate of drug-likeness (QED) is 0.867. The first-order valence-corrected chi connectivity index (χ1v) is 7.86. The molecule has 1 aliphatic heterocycles. The van der Waals surface area contributed by atoms with Crippen LogP contribution in [0.5, 0.6) is 0 Å². The number of benzene rings is 1. The summed E-state index contributed by atoms with van der Waals surface area (Å²) in [6.45, 7) is 7.62. The van der Waals surface area contributed by atoms with Gasteiger partial charge in [-0.05, 0) is 45.8 Å². The van der Waals surface area contributed by atoms with Crippen molar-refractivity contribution >= 4 is 16.7 Å². The predicted octanol–water partition coefficient (Wildman–Crippen LogP) is 2.86. The molecule has 2 aromatic rings. The molecule has 112 valence electrons. The highest BCUT2D eigenvalue weighted by atomic mass is 16.1. The first kappa shape index (κ1) is 14.3. The van der Waals surface area contributed by atoms with Crippen LogP contribution < -0.4 is 0 Å². The highest BCUT2D eigenvalue weighted by molar-refractivity contribution is 5.82. The molecule has 1 aliphatic rings. The smallest absolute Gasteiger partial charge is 0.133 e. The van der Waals surface area contributed by atoms with E-state index in [1.807, 2.05) is 0 Å². The lowest BCUT2D eigenvalue weighted by molar-refractivity contribution is -0.122. The molecule has 0 saturated carbocycles.